The van der Waals surface area contributed by atoms with E-state index >= 15 is 0 Å². The maximum atomic E-state index is 11.5. The lowest BCUT2D eigenvalue weighted by Crippen LogP contribution is -2.12. The van der Waals surface area contributed by atoms with Crippen molar-refractivity contribution >= 4 is 21.9 Å². The van der Waals surface area contributed by atoms with E-state index < -0.39 is 0 Å². The normalized spacial score (nSPS) is 10.2. The Hall–Kier alpha value is -1.62. The van der Waals surface area contributed by atoms with E-state index in [4.69, 9.17) is 4.74 Å². The molecule has 5 heteroatoms. The van der Waals surface area contributed by atoms with Crippen LogP contribution in [-0.2, 0) is 11.3 Å². The van der Waals surface area contributed by atoms with Crippen molar-refractivity contribution in [3.8, 4) is 0 Å². The molecule has 0 radical (unpaired) electrons. The first-order chi connectivity index (χ1) is 8.20. The highest BCUT2D eigenvalue weighted by Crippen LogP contribution is 2.13. The Morgan fingerprint density at radius 3 is 2.76 bits per heavy atom. The molecule has 0 N–H and O–H groups in total. The quantitative estimate of drug-likeness (QED) is 0.817. The Morgan fingerprint density at radius 2 is 2.12 bits per heavy atom. The summed E-state index contributed by atoms with van der Waals surface area (Å²) < 4.78 is 6.94. The zero-order valence-corrected chi connectivity index (χ0v) is 10.8. The summed E-state index contributed by atoms with van der Waals surface area (Å²) in [5.41, 5.74) is 1.51. The largest absolute Gasteiger partial charge is 0.464 e. The van der Waals surface area contributed by atoms with Crippen LogP contribution in [0.25, 0.3) is 0 Å². The van der Waals surface area contributed by atoms with Gasteiger partial charge in [-0.1, -0.05) is 30.3 Å². The Morgan fingerprint density at radius 1 is 1.41 bits per heavy atom. The molecule has 1 aromatic carbocycles. The molecule has 0 bridgehead atoms. The van der Waals surface area contributed by atoms with Crippen molar-refractivity contribution in [3.63, 3.8) is 0 Å². The number of aromatic nitrogens is 2. The number of benzene rings is 1. The standard InChI is InChI=1S/C12H11BrN2O2/c1-17-12(16)10-7-11(13)14-15(10)8-9-5-3-2-4-6-9/h2-7H,8H2,1H3. The van der Waals surface area contributed by atoms with Crippen LogP contribution in [0.4, 0.5) is 0 Å². The maximum absolute atomic E-state index is 11.5. The summed E-state index contributed by atoms with van der Waals surface area (Å²) in [5.74, 6) is -0.390. The van der Waals surface area contributed by atoms with Crippen LogP contribution in [0.2, 0.25) is 0 Å². The Bertz CT molecular complexity index is 523. The molecule has 0 atom stereocenters. The van der Waals surface area contributed by atoms with E-state index in [0.717, 1.165) is 5.56 Å². The molecule has 0 aliphatic carbocycles. The predicted molar refractivity (Wildman–Crippen MR) is 66.8 cm³/mol. The second-order valence-electron chi connectivity index (χ2n) is 3.49. The minimum absolute atomic E-state index is 0.390. The molecule has 0 spiro atoms. The number of methoxy groups -OCH3 is 1. The van der Waals surface area contributed by atoms with E-state index in [1.165, 1.54) is 7.11 Å². The van der Waals surface area contributed by atoms with Crippen LogP contribution in [0.1, 0.15) is 16.1 Å². The van der Waals surface area contributed by atoms with Gasteiger partial charge >= 0.3 is 5.97 Å². The van der Waals surface area contributed by atoms with Gasteiger partial charge in [0, 0.05) is 6.07 Å². The van der Waals surface area contributed by atoms with Gasteiger partial charge in [-0.3, -0.25) is 4.68 Å². The predicted octanol–water partition coefficient (Wildman–Crippen LogP) is 2.48. The lowest BCUT2D eigenvalue weighted by atomic mass is 10.2. The fourth-order valence-corrected chi connectivity index (χ4v) is 1.94. The third kappa shape index (κ3) is 2.74. The van der Waals surface area contributed by atoms with E-state index in [1.54, 1.807) is 10.7 Å². The first-order valence-electron chi connectivity index (χ1n) is 5.06. The minimum Gasteiger partial charge on any atom is -0.464 e. The number of carbonyl (C=O) groups excluding carboxylic acids is 1. The van der Waals surface area contributed by atoms with Gasteiger partial charge in [-0.15, -0.1) is 0 Å². The van der Waals surface area contributed by atoms with E-state index in [0.29, 0.717) is 16.8 Å². The second kappa shape index (κ2) is 5.14. The number of ether oxygens (including phenoxy) is 1. The third-order valence-electron chi connectivity index (χ3n) is 2.32. The molecule has 88 valence electrons. The van der Waals surface area contributed by atoms with Gasteiger partial charge in [-0.25, -0.2) is 4.79 Å². The fraction of sp³-hybridized carbons (Fsp3) is 0.167. The number of nitrogens with zero attached hydrogens (tertiary/aromatic N) is 2. The van der Waals surface area contributed by atoms with Crippen molar-refractivity contribution in [1.82, 2.24) is 9.78 Å². The van der Waals surface area contributed by atoms with E-state index in [9.17, 15) is 4.79 Å². The summed E-state index contributed by atoms with van der Waals surface area (Å²) in [5, 5.41) is 4.21. The monoisotopic (exact) mass is 294 g/mol. The number of hydrogen-bond donors (Lipinski definition) is 0. The molecule has 1 aromatic heterocycles. The van der Waals surface area contributed by atoms with Gasteiger partial charge < -0.3 is 4.74 Å². The number of carbonyl (C=O) groups is 1. The van der Waals surface area contributed by atoms with E-state index in [2.05, 4.69) is 21.0 Å². The maximum Gasteiger partial charge on any atom is 0.356 e. The van der Waals surface area contributed by atoms with Crippen molar-refractivity contribution in [2.24, 2.45) is 0 Å². The van der Waals surface area contributed by atoms with Crippen molar-refractivity contribution in [2.45, 2.75) is 6.54 Å². The van der Waals surface area contributed by atoms with Crippen molar-refractivity contribution in [2.75, 3.05) is 7.11 Å². The van der Waals surface area contributed by atoms with Crippen molar-refractivity contribution in [1.29, 1.82) is 0 Å². The molecule has 0 unspecified atom stereocenters. The molecule has 0 saturated heterocycles. The van der Waals surface area contributed by atoms with Crippen LogP contribution >= 0.6 is 15.9 Å². The number of rotatable bonds is 3. The van der Waals surface area contributed by atoms with Crippen LogP contribution in [0, 0.1) is 0 Å². The molecule has 0 amide bonds. The molecule has 4 nitrogen and oxygen atoms in total. The molecule has 0 aliphatic rings. The highest BCUT2D eigenvalue weighted by Gasteiger charge is 2.14. The van der Waals surface area contributed by atoms with Gasteiger partial charge in [0.1, 0.15) is 10.3 Å². The topological polar surface area (TPSA) is 44.1 Å². The summed E-state index contributed by atoms with van der Waals surface area (Å²) in [6.45, 7) is 0.539. The minimum atomic E-state index is -0.390. The molecule has 17 heavy (non-hydrogen) atoms. The van der Waals surface area contributed by atoms with Gasteiger partial charge in [0.2, 0.25) is 0 Å². The molecular weight excluding hydrogens is 284 g/mol. The number of halogens is 1. The molecule has 2 rings (SSSR count). The van der Waals surface area contributed by atoms with Gasteiger partial charge in [-0.05, 0) is 21.5 Å². The molecule has 0 aliphatic heterocycles. The Kier molecular flexibility index (Phi) is 3.58. The Balaban J connectivity index is 2.30. The summed E-state index contributed by atoms with van der Waals surface area (Å²) in [6, 6.07) is 11.5. The highest BCUT2D eigenvalue weighted by molar-refractivity contribution is 9.10. The molecule has 0 saturated carbocycles. The average Bonchev–Trinajstić information content (AvgIpc) is 2.70. The molecule has 0 fully saturated rings. The van der Waals surface area contributed by atoms with Crippen LogP contribution in [0.3, 0.4) is 0 Å². The average molecular weight is 295 g/mol. The lowest BCUT2D eigenvalue weighted by Gasteiger charge is -2.05. The first-order valence-corrected chi connectivity index (χ1v) is 5.85. The first kappa shape index (κ1) is 11.9. The van der Waals surface area contributed by atoms with E-state index in [1.807, 2.05) is 30.3 Å². The van der Waals surface area contributed by atoms with Crippen LogP contribution in [-0.4, -0.2) is 22.9 Å². The van der Waals surface area contributed by atoms with Gasteiger partial charge in [0.25, 0.3) is 0 Å². The summed E-state index contributed by atoms with van der Waals surface area (Å²) in [7, 11) is 1.36. The van der Waals surface area contributed by atoms with Crippen LogP contribution < -0.4 is 0 Å². The zero-order valence-electron chi connectivity index (χ0n) is 9.26. The van der Waals surface area contributed by atoms with Gasteiger partial charge in [0.05, 0.1) is 13.7 Å². The van der Waals surface area contributed by atoms with Crippen LogP contribution in [0.5, 0.6) is 0 Å². The molecular formula is C12H11BrN2O2. The second-order valence-corrected chi connectivity index (χ2v) is 4.30. The zero-order chi connectivity index (χ0) is 12.3. The number of hydrogen-bond acceptors (Lipinski definition) is 3. The van der Waals surface area contributed by atoms with Crippen LogP contribution in [0.15, 0.2) is 41.0 Å². The number of esters is 1. The SMILES string of the molecule is COC(=O)c1cc(Br)nn1Cc1ccccc1. The van der Waals surface area contributed by atoms with Crippen molar-refractivity contribution in [3.05, 3.63) is 52.3 Å². The molecule has 2 aromatic rings. The Labute approximate surface area is 107 Å². The third-order valence-corrected chi connectivity index (χ3v) is 2.71. The fourth-order valence-electron chi connectivity index (χ4n) is 1.53. The summed E-state index contributed by atoms with van der Waals surface area (Å²) >= 11 is 3.25. The summed E-state index contributed by atoms with van der Waals surface area (Å²) in [6.07, 6.45) is 0. The lowest BCUT2D eigenvalue weighted by molar-refractivity contribution is 0.0587. The van der Waals surface area contributed by atoms with Gasteiger partial charge in [-0.2, -0.15) is 5.10 Å². The van der Waals surface area contributed by atoms with E-state index in [-0.39, 0.29) is 5.97 Å². The van der Waals surface area contributed by atoms with Gasteiger partial charge in [0.15, 0.2) is 0 Å². The summed E-state index contributed by atoms with van der Waals surface area (Å²) in [4.78, 5) is 11.5. The smallest absolute Gasteiger partial charge is 0.356 e. The molecule has 1 heterocycles. The van der Waals surface area contributed by atoms with Crippen molar-refractivity contribution < 1.29 is 9.53 Å². The highest BCUT2D eigenvalue weighted by atomic mass is 79.9.